The van der Waals surface area contributed by atoms with Crippen molar-refractivity contribution in [3.05, 3.63) is 46.5 Å². The Labute approximate surface area is 122 Å². The van der Waals surface area contributed by atoms with Gasteiger partial charge in [-0.25, -0.2) is 9.18 Å². The van der Waals surface area contributed by atoms with Gasteiger partial charge in [-0.15, -0.1) is 0 Å². The van der Waals surface area contributed by atoms with E-state index in [9.17, 15) is 9.18 Å². The molecule has 0 aliphatic carbocycles. The van der Waals surface area contributed by atoms with Crippen LogP contribution in [0.2, 0.25) is 0 Å². The average Bonchev–Trinajstić information content (AvgIpc) is 2.65. The number of aryl methyl sites for hydroxylation is 2. The number of carbonyl (C=O) groups is 1. The van der Waals surface area contributed by atoms with Gasteiger partial charge in [-0.2, -0.15) is 5.10 Å². The lowest BCUT2D eigenvalue weighted by Gasteiger charge is -2.16. The first kappa shape index (κ1) is 15.0. The summed E-state index contributed by atoms with van der Waals surface area (Å²) in [5.74, 6) is -2.02. The van der Waals surface area contributed by atoms with Gasteiger partial charge in [-0.05, 0) is 39.0 Å². The number of nitrogens with zero attached hydrogens (tertiary/aromatic N) is 2. The Balaban J connectivity index is 2.29. The third-order valence-electron chi connectivity index (χ3n) is 3.58. The minimum Gasteiger partial charge on any atom is -0.478 e. The van der Waals surface area contributed by atoms with Gasteiger partial charge in [0.05, 0.1) is 17.3 Å². The lowest BCUT2D eigenvalue weighted by molar-refractivity contribution is 0.0692. The molecule has 0 saturated carbocycles. The van der Waals surface area contributed by atoms with E-state index in [2.05, 4.69) is 10.4 Å². The van der Waals surface area contributed by atoms with Crippen LogP contribution in [0.5, 0.6) is 0 Å². The molecule has 0 amide bonds. The van der Waals surface area contributed by atoms with Crippen molar-refractivity contribution in [2.24, 2.45) is 7.05 Å². The van der Waals surface area contributed by atoms with Crippen LogP contribution in [-0.4, -0.2) is 20.9 Å². The van der Waals surface area contributed by atoms with E-state index in [1.54, 1.807) is 4.68 Å². The number of carboxylic acids is 1. The van der Waals surface area contributed by atoms with Gasteiger partial charge < -0.3 is 10.4 Å². The number of anilines is 1. The fourth-order valence-corrected chi connectivity index (χ4v) is 2.52. The molecule has 0 fully saturated rings. The number of aromatic nitrogens is 2. The summed E-state index contributed by atoms with van der Waals surface area (Å²) >= 11 is 0. The van der Waals surface area contributed by atoms with Gasteiger partial charge in [0.2, 0.25) is 0 Å². The number of rotatable bonds is 4. The van der Waals surface area contributed by atoms with E-state index in [0.717, 1.165) is 23.0 Å². The summed E-state index contributed by atoms with van der Waals surface area (Å²) in [6.45, 7) is 5.86. The number of hydrogen-bond acceptors (Lipinski definition) is 3. The number of benzene rings is 1. The van der Waals surface area contributed by atoms with Gasteiger partial charge in [0.1, 0.15) is 5.82 Å². The van der Waals surface area contributed by atoms with Gasteiger partial charge in [0.25, 0.3) is 0 Å². The Morgan fingerprint density at radius 2 is 2.10 bits per heavy atom. The largest absolute Gasteiger partial charge is 0.478 e. The maximum Gasteiger partial charge on any atom is 0.338 e. The van der Waals surface area contributed by atoms with Gasteiger partial charge >= 0.3 is 5.97 Å². The topological polar surface area (TPSA) is 67.2 Å². The zero-order valence-electron chi connectivity index (χ0n) is 12.4. The standard InChI is InChI=1S/C15H18FN3O2/c1-8(14-9(2)18-19(4)10(14)3)17-11-5-6-13(16)12(7-11)15(20)21/h5-8,17H,1-4H3,(H,20,21). The van der Waals surface area contributed by atoms with E-state index in [1.165, 1.54) is 12.1 Å². The van der Waals surface area contributed by atoms with Crippen molar-refractivity contribution in [1.29, 1.82) is 0 Å². The molecule has 1 aromatic carbocycles. The monoisotopic (exact) mass is 291 g/mol. The molecule has 2 aromatic rings. The van der Waals surface area contributed by atoms with E-state index >= 15 is 0 Å². The zero-order chi connectivity index (χ0) is 15.7. The molecule has 0 radical (unpaired) electrons. The second kappa shape index (κ2) is 5.55. The van der Waals surface area contributed by atoms with Crippen LogP contribution in [-0.2, 0) is 7.05 Å². The SMILES string of the molecule is Cc1nn(C)c(C)c1C(C)Nc1ccc(F)c(C(=O)O)c1. The van der Waals surface area contributed by atoms with Crippen LogP contribution in [0.15, 0.2) is 18.2 Å². The number of halogens is 1. The third kappa shape index (κ3) is 2.89. The van der Waals surface area contributed by atoms with E-state index < -0.39 is 11.8 Å². The Bertz CT molecular complexity index is 694. The van der Waals surface area contributed by atoms with Crippen molar-refractivity contribution in [1.82, 2.24) is 9.78 Å². The fourth-order valence-electron chi connectivity index (χ4n) is 2.52. The third-order valence-corrected chi connectivity index (χ3v) is 3.58. The van der Waals surface area contributed by atoms with Crippen molar-refractivity contribution in [2.75, 3.05) is 5.32 Å². The van der Waals surface area contributed by atoms with Crippen LogP contribution >= 0.6 is 0 Å². The van der Waals surface area contributed by atoms with Gasteiger partial charge in [0.15, 0.2) is 0 Å². The first-order valence-electron chi connectivity index (χ1n) is 6.60. The number of nitrogens with one attached hydrogen (secondary N) is 1. The molecule has 21 heavy (non-hydrogen) atoms. The van der Waals surface area contributed by atoms with Crippen LogP contribution in [0.1, 0.15) is 40.3 Å². The minimum atomic E-state index is -1.28. The van der Waals surface area contributed by atoms with Gasteiger partial charge in [-0.1, -0.05) is 0 Å². The lowest BCUT2D eigenvalue weighted by Crippen LogP contribution is -2.10. The molecular weight excluding hydrogens is 273 g/mol. The van der Waals surface area contributed by atoms with Gasteiger partial charge in [0, 0.05) is 24.0 Å². The summed E-state index contributed by atoms with van der Waals surface area (Å²) in [7, 11) is 1.87. The van der Waals surface area contributed by atoms with Crippen LogP contribution < -0.4 is 5.32 Å². The molecule has 1 atom stereocenters. The predicted octanol–water partition coefficient (Wildman–Crippen LogP) is 3.05. The summed E-state index contributed by atoms with van der Waals surface area (Å²) in [4.78, 5) is 11.0. The fraction of sp³-hybridized carbons (Fsp3) is 0.333. The maximum absolute atomic E-state index is 13.4. The second-order valence-electron chi connectivity index (χ2n) is 5.07. The Morgan fingerprint density at radius 3 is 2.62 bits per heavy atom. The van der Waals surface area contributed by atoms with Crippen molar-refractivity contribution in [3.8, 4) is 0 Å². The van der Waals surface area contributed by atoms with Crippen LogP contribution in [0.4, 0.5) is 10.1 Å². The van der Waals surface area contributed by atoms with Crippen LogP contribution in [0.25, 0.3) is 0 Å². The number of aromatic carboxylic acids is 1. The van der Waals surface area contributed by atoms with Crippen molar-refractivity contribution in [2.45, 2.75) is 26.8 Å². The summed E-state index contributed by atoms with van der Waals surface area (Å²) in [6, 6.07) is 3.92. The molecule has 2 rings (SSSR count). The highest BCUT2D eigenvalue weighted by Crippen LogP contribution is 2.25. The Morgan fingerprint density at radius 1 is 1.43 bits per heavy atom. The highest BCUT2D eigenvalue weighted by Gasteiger charge is 2.17. The maximum atomic E-state index is 13.4. The Kier molecular flexibility index (Phi) is 3.97. The van der Waals surface area contributed by atoms with Crippen LogP contribution in [0, 0.1) is 19.7 Å². The molecule has 1 heterocycles. The molecule has 6 heteroatoms. The number of hydrogen-bond donors (Lipinski definition) is 2. The summed E-state index contributed by atoms with van der Waals surface area (Å²) in [6.07, 6.45) is 0. The zero-order valence-corrected chi connectivity index (χ0v) is 12.4. The normalized spacial score (nSPS) is 12.2. The van der Waals surface area contributed by atoms with Gasteiger partial charge in [-0.3, -0.25) is 4.68 Å². The molecule has 112 valence electrons. The lowest BCUT2D eigenvalue weighted by atomic mass is 10.1. The number of carboxylic acid groups (broad SMARTS) is 1. The highest BCUT2D eigenvalue weighted by atomic mass is 19.1. The molecule has 0 aliphatic heterocycles. The molecular formula is C15H18FN3O2. The molecule has 0 spiro atoms. The smallest absolute Gasteiger partial charge is 0.338 e. The molecule has 0 aliphatic rings. The van der Waals surface area contributed by atoms with E-state index in [4.69, 9.17) is 5.11 Å². The first-order valence-corrected chi connectivity index (χ1v) is 6.60. The molecule has 0 saturated heterocycles. The molecule has 2 N–H and O–H groups in total. The molecule has 5 nitrogen and oxygen atoms in total. The summed E-state index contributed by atoms with van der Waals surface area (Å²) in [5.41, 5.74) is 3.22. The summed E-state index contributed by atoms with van der Waals surface area (Å²) < 4.78 is 15.2. The highest BCUT2D eigenvalue weighted by molar-refractivity contribution is 5.89. The minimum absolute atomic E-state index is 0.0641. The molecule has 1 unspecified atom stereocenters. The van der Waals surface area contributed by atoms with E-state index in [-0.39, 0.29) is 11.6 Å². The Hall–Kier alpha value is -2.37. The molecule has 1 aromatic heterocycles. The summed E-state index contributed by atoms with van der Waals surface area (Å²) in [5, 5.41) is 16.5. The van der Waals surface area contributed by atoms with Crippen molar-refractivity contribution < 1.29 is 14.3 Å². The van der Waals surface area contributed by atoms with Crippen molar-refractivity contribution in [3.63, 3.8) is 0 Å². The quantitative estimate of drug-likeness (QED) is 0.908. The van der Waals surface area contributed by atoms with E-state index in [0.29, 0.717) is 5.69 Å². The average molecular weight is 291 g/mol. The predicted molar refractivity (Wildman–Crippen MR) is 78.1 cm³/mol. The van der Waals surface area contributed by atoms with Crippen LogP contribution in [0.3, 0.4) is 0 Å². The van der Waals surface area contributed by atoms with E-state index in [1.807, 2.05) is 27.8 Å². The first-order chi connectivity index (χ1) is 9.81. The second-order valence-corrected chi connectivity index (χ2v) is 5.07. The molecule has 0 bridgehead atoms. The van der Waals surface area contributed by atoms with Crippen molar-refractivity contribution >= 4 is 11.7 Å².